The van der Waals surface area contributed by atoms with Crippen LogP contribution >= 0.6 is 0 Å². The number of aromatic nitrogens is 1. The predicted octanol–water partition coefficient (Wildman–Crippen LogP) is 2.48. The molecule has 3 aromatic rings. The van der Waals surface area contributed by atoms with Gasteiger partial charge in [-0.05, 0) is 30.7 Å². The molecule has 30 heavy (non-hydrogen) atoms. The van der Waals surface area contributed by atoms with Gasteiger partial charge in [-0.2, -0.15) is 0 Å². The molecule has 9 heteroatoms. The van der Waals surface area contributed by atoms with Gasteiger partial charge in [0, 0.05) is 42.5 Å². The van der Waals surface area contributed by atoms with E-state index in [-0.39, 0.29) is 28.6 Å². The molecule has 7 nitrogen and oxygen atoms in total. The highest BCUT2D eigenvalue weighted by Gasteiger charge is 2.26. The number of sulfonamides is 1. The zero-order valence-electron chi connectivity index (χ0n) is 16.5. The summed E-state index contributed by atoms with van der Waals surface area (Å²) in [6.07, 6.45) is 6.00. The van der Waals surface area contributed by atoms with E-state index in [0.717, 1.165) is 4.31 Å². The fraction of sp³-hybridized carbons (Fsp3) is 0.190. The number of benzene rings is 2. The summed E-state index contributed by atoms with van der Waals surface area (Å²) in [6.45, 7) is 1.67. The first-order valence-electron chi connectivity index (χ1n) is 9.27. The van der Waals surface area contributed by atoms with E-state index < -0.39 is 19.9 Å². The summed E-state index contributed by atoms with van der Waals surface area (Å²) in [5.41, 5.74) is 6.23. The molecule has 3 rings (SSSR count). The van der Waals surface area contributed by atoms with E-state index in [1.165, 1.54) is 30.5 Å². The number of nitrogens with two attached hydrogens (primary N) is 1. The molecule has 0 bridgehead atoms. The summed E-state index contributed by atoms with van der Waals surface area (Å²) in [6, 6.07) is 12.9. The molecular formula is C21H23N3O4S2. The van der Waals surface area contributed by atoms with E-state index in [1.54, 1.807) is 49.6 Å². The van der Waals surface area contributed by atoms with Crippen molar-refractivity contribution < 1.29 is 16.8 Å². The first kappa shape index (κ1) is 21.9. The second-order valence-electron chi connectivity index (χ2n) is 6.68. The fourth-order valence-corrected chi connectivity index (χ4v) is 6.10. The van der Waals surface area contributed by atoms with Gasteiger partial charge >= 0.3 is 0 Å². The Hall–Kier alpha value is -2.75. The number of pyridine rings is 1. The molecule has 158 valence electrons. The monoisotopic (exact) mass is 445 g/mol. The molecule has 0 saturated carbocycles. The van der Waals surface area contributed by atoms with Crippen molar-refractivity contribution in [2.24, 2.45) is 5.73 Å². The van der Waals surface area contributed by atoms with E-state index in [1.807, 2.05) is 0 Å². The van der Waals surface area contributed by atoms with Gasteiger partial charge in [0.05, 0.1) is 15.5 Å². The van der Waals surface area contributed by atoms with E-state index in [2.05, 4.69) is 4.98 Å². The lowest BCUT2D eigenvalue weighted by Crippen LogP contribution is -2.31. The lowest BCUT2D eigenvalue weighted by molar-refractivity contribution is 0.509. The molecule has 0 spiro atoms. The van der Waals surface area contributed by atoms with Crippen LogP contribution in [0.4, 0.5) is 0 Å². The highest BCUT2D eigenvalue weighted by atomic mass is 32.2. The minimum Gasteiger partial charge on any atom is -0.327 e. The molecule has 1 heterocycles. The molecule has 0 unspecified atom stereocenters. The van der Waals surface area contributed by atoms with Crippen LogP contribution in [-0.4, -0.2) is 45.0 Å². The van der Waals surface area contributed by atoms with Crippen LogP contribution in [0.1, 0.15) is 5.56 Å². The molecule has 0 saturated heterocycles. The maximum Gasteiger partial charge on any atom is 0.264 e. The quantitative estimate of drug-likeness (QED) is 0.570. The molecule has 0 aliphatic heterocycles. The first-order valence-corrected chi connectivity index (χ1v) is 12.4. The third-order valence-corrected chi connectivity index (χ3v) is 8.14. The Morgan fingerprint density at radius 2 is 1.73 bits per heavy atom. The highest BCUT2D eigenvalue weighted by molar-refractivity contribution is 7.91. The zero-order valence-corrected chi connectivity index (χ0v) is 18.1. The van der Waals surface area contributed by atoms with Crippen molar-refractivity contribution in [2.75, 3.05) is 18.8 Å². The van der Waals surface area contributed by atoms with Crippen molar-refractivity contribution in [3.8, 4) is 0 Å². The lowest BCUT2D eigenvalue weighted by atomic mass is 10.1. The second-order valence-corrected chi connectivity index (χ2v) is 10.6. The van der Waals surface area contributed by atoms with Gasteiger partial charge in [0.25, 0.3) is 10.0 Å². The van der Waals surface area contributed by atoms with Gasteiger partial charge < -0.3 is 5.73 Å². The molecule has 0 atom stereocenters. The standard InChI is InChI=1S/C21H23N3O4S2/c1-17-15-23-16-18-7-5-10-20(21(17)18)30(27,28)24(12-6-11-22)13-14-29(25,26)19-8-3-2-4-9-19/h2-10,12,15-16H,11,13-14,22H2,1H3. The molecule has 2 aromatic carbocycles. The zero-order chi connectivity index (χ0) is 21.8. The van der Waals surface area contributed by atoms with Crippen LogP contribution in [0.5, 0.6) is 0 Å². The molecule has 0 amide bonds. The minimum absolute atomic E-state index is 0.0960. The molecule has 0 aliphatic carbocycles. The Balaban J connectivity index is 2.01. The Morgan fingerprint density at radius 3 is 2.43 bits per heavy atom. The minimum atomic E-state index is -4.03. The Morgan fingerprint density at radius 1 is 1.00 bits per heavy atom. The third kappa shape index (κ3) is 4.53. The average Bonchev–Trinajstić information content (AvgIpc) is 2.74. The Bertz CT molecular complexity index is 1270. The van der Waals surface area contributed by atoms with Gasteiger partial charge in [-0.15, -0.1) is 0 Å². The maximum atomic E-state index is 13.5. The van der Waals surface area contributed by atoms with E-state index in [4.69, 9.17) is 5.73 Å². The Labute approximate surface area is 176 Å². The van der Waals surface area contributed by atoms with Crippen molar-refractivity contribution >= 4 is 30.6 Å². The number of rotatable bonds is 8. The summed E-state index contributed by atoms with van der Waals surface area (Å²) in [5.74, 6) is -0.365. The smallest absolute Gasteiger partial charge is 0.264 e. The summed E-state index contributed by atoms with van der Waals surface area (Å²) in [7, 11) is -7.68. The SMILES string of the molecule is Cc1cncc2cccc(S(=O)(=O)N(C=CCN)CCS(=O)(=O)c3ccccc3)c12. The van der Waals surface area contributed by atoms with E-state index >= 15 is 0 Å². The average molecular weight is 446 g/mol. The van der Waals surface area contributed by atoms with Gasteiger partial charge in [0.2, 0.25) is 0 Å². The summed E-state index contributed by atoms with van der Waals surface area (Å²) >= 11 is 0. The molecule has 0 radical (unpaired) electrons. The predicted molar refractivity (Wildman–Crippen MR) is 117 cm³/mol. The molecule has 0 aliphatic rings. The van der Waals surface area contributed by atoms with Gasteiger partial charge in [-0.25, -0.2) is 16.8 Å². The number of fused-ring (bicyclic) bond motifs is 1. The fourth-order valence-electron chi connectivity index (χ4n) is 3.12. The van der Waals surface area contributed by atoms with Gasteiger partial charge in [0.15, 0.2) is 9.84 Å². The van der Waals surface area contributed by atoms with E-state index in [0.29, 0.717) is 16.3 Å². The summed E-state index contributed by atoms with van der Waals surface area (Å²) < 4.78 is 53.3. The van der Waals surface area contributed by atoms with Gasteiger partial charge in [0.1, 0.15) is 0 Å². The molecular weight excluding hydrogens is 422 g/mol. The van der Waals surface area contributed by atoms with Crippen LogP contribution in [0.25, 0.3) is 10.8 Å². The van der Waals surface area contributed by atoms with Crippen LogP contribution in [0.15, 0.2) is 83.0 Å². The summed E-state index contributed by atoms with van der Waals surface area (Å²) in [4.78, 5) is 4.36. The topological polar surface area (TPSA) is 110 Å². The van der Waals surface area contributed by atoms with Crippen LogP contribution in [0.2, 0.25) is 0 Å². The van der Waals surface area contributed by atoms with Crippen LogP contribution in [-0.2, 0) is 19.9 Å². The van der Waals surface area contributed by atoms with Crippen LogP contribution < -0.4 is 5.73 Å². The van der Waals surface area contributed by atoms with Crippen LogP contribution in [0.3, 0.4) is 0 Å². The van der Waals surface area contributed by atoms with Crippen molar-refractivity contribution in [1.29, 1.82) is 0 Å². The van der Waals surface area contributed by atoms with Crippen molar-refractivity contribution in [3.05, 3.63) is 78.8 Å². The van der Waals surface area contributed by atoms with Crippen LogP contribution in [0, 0.1) is 6.92 Å². The van der Waals surface area contributed by atoms with Crippen molar-refractivity contribution in [2.45, 2.75) is 16.7 Å². The highest BCUT2D eigenvalue weighted by Crippen LogP contribution is 2.28. The summed E-state index contributed by atoms with van der Waals surface area (Å²) in [5, 5.41) is 1.25. The van der Waals surface area contributed by atoms with Crippen molar-refractivity contribution in [3.63, 3.8) is 0 Å². The van der Waals surface area contributed by atoms with Crippen molar-refractivity contribution in [1.82, 2.24) is 9.29 Å². The number of nitrogens with zero attached hydrogens (tertiary/aromatic N) is 2. The molecule has 2 N–H and O–H groups in total. The Kier molecular flexibility index (Phi) is 6.55. The third-order valence-electron chi connectivity index (χ3n) is 4.61. The van der Waals surface area contributed by atoms with E-state index in [9.17, 15) is 16.8 Å². The number of sulfone groups is 1. The molecule has 1 aromatic heterocycles. The lowest BCUT2D eigenvalue weighted by Gasteiger charge is -2.22. The first-order chi connectivity index (χ1) is 14.3. The number of aryl methyl sites for hydroxylation is 1. The molecule has 0 fully saturated rings. The number of hydrogen-bond acceptors (Lipinski definition) is 6. The van der Waals surface area contributed by atoms with Gasteiger partial charge in [-0.1, -0.05) is 36.4 Å². The second kappa shape index (κ2) is 8.95. The van der Waals surface area contributed by atoms with Gasteiger partial charge in [-0.3, -0.25) is 9.29 Å². The number of hydrogen-bond donors (Lipinski definition) is 1. The normalized spacial score (nSPS) is 12.5. The maximum absolute atomic E-state index is 13.5. The largest absolute Gasteiger partial charge is 0.327 e.